The number of aliphatic hydroxyl groups excluding tert-OH is 1. The summed E-state index contributed by atoms with van der Waals surface area (Å²) in [6.07, 6.45) is 0.334. The number of amides is 1. The SMILES string of the molecule is CC(O)CCN(C)CC(=O)NCCOc1ccccc1. The number of carbonyl (C=O) groups excluding carboxylic acids is 1. The van der Waals surface area contributed by atoms with Crippen molar-refractivity contribution >= 4 is 5.91 Å². The zero-order valence-corrected chi connectivity index (χ0v) is 12.2. The number of nitrogens with zero attached hydrogens (tertiary/aromatic N) is 1. The molecule has 0 radical (unpaired) electrons. The van der Waals surface area contributed by atoms with Crippen LogP contribution in [0.1, 0.15) is 13.3 Å². The second kappa shape index (κ2) is 9.34. The molecule has 1 aromatic carbocycles. The molecule has 0 aliphatic carbocycles. The van der Waals surface area contributed by atoms with E-state index in [2.05, 4.69) is 5.32 Å². The highest BCUT2D eigenvalue weighted by Gasteiger charge is 2.07. The Kier molecular flexibility index (Phi) is 7.69. The molecule has 5 nitrogen and oxygen atoms in total. The number of benzene rings is 1. The van der Waals surface area contributed by atoms with Crippen LogP contribution < -0.4 is 10.1 Å². The van der Waals surface area contributed by atoms with Gasteiger partial charge in [-0.2, -0.15) is 0 Å². The van der Waals surface area contributed by atoms with Crippen molar-refractivity contribution in [1.29, 1.82) is 0 Å². The first kappa shape index (κ1) is 16.5. The molecule has 0 aliphatic heterocycles. The van der Waals surface area contributed by atoms with Gasteiger partial charge >= 0.3 is 0 Å². The first-order chi connectivity index (χ1) is 9.58. The van der Waals surface area contributed by atoms with Gasteiger partial charge in [0.2, 0.25) is 5.91 Å². The highest BCUT2D eigenvalue weighted by atomic mass is 16.5. The Bertz CT molecular complexity index is 382. The number of likely N-dealkylation sites (N-methyl/N-ethyl adjacent to an activating group) is 1. The van der Waals surface area contributed by atoms with Gasteiger partial charge in [-0.25, -0.2) is 0 Å². The molecule has 0 spiro atoms. The van der Waals surface area contributed by atoms with E-state index in [4.69, 9.17) is 4.74 Å². The molecule has 2 N–H and O–H groups in total. The van der Waals surface area contributed by atoms with E-state index in [-0.39, 0.29) is 12.0 Å². The van der Waals surface area contributed by atoms with Crippen LogP contribution in [0.25, 0.3) is 0 Å². The number of nitrogens with one attached hydrogen (secondary N) is 1. The van der Waals surface area contributed by atoms with Gasteiger partial charge in [-0.1, -0.05) is 18.2 Å². The molecule has 0 fully saturated rings. The smallest absolute Gasteiger partial charge is 0.234 e. The van der Waals surface area contributed by atoms with Crippen molar-refractivity contribution in [1.82, 2.24) is 10.2 Å². The second-order valence-corrected chi connectivity index (χ2v) is 4.89. The van der Waals surface area contributed by atoms with Crippen LogP contribution >= 0.6 is 0 Å². The van der Waals surface area contributed by atoms with Crippen molar-refractivity contribution in [2.75, 3.05) is 33.3 Å². The van der Waals surface area contributed by atoms with Gasteiger partial charge in [0.05, 0.1) is 19.2 Å². The number of para-hydroxylation sites is 1. The standard InChI is InChI=1S/C15H24N2O3/c1-13(18)8-10-17(2)12-15(19)16-9-11-20-14-6-4-3-5-7-14/h3-7,13,18H,8-12H2,1-2H3,(H,16,19). The van der Waals surface area contributed by atoms with Gasteiger partial charge in [-0.3, -0.25) is 9.69 Å². The van der Waals surface area contributed by atoms with Crippen molar-refractivity contribution in [3.63, 3.8) is 0 Å². The second-order valence-electron chi connectivity index (χ2n) is 4.89. The molecule has 1 rings (SSSR count). The summed E-state index contributed by atoms with van der Waals surface area (Å²) in [5.41, 5.74) is 0. The van der Waals surface area contributed by atoms with Gasteiger partial charge in [0.15, 0.2) is 0 Å². The number of ether oxygens (including phenoxy) is 1. The van der Waals surface area contributed by atoms with Crippen LogP contribution in [0, 0.1) is 0 Å². The van der Waals surface area contributed by atoms with Crippen LogP contribution in [0.15, 0.2) is 30.3 Å². The van der Waals surface area contributed by atoms with E-state index in [0.717, 1.165) is 5.75 Å². The average molecular weight is 280 g/mol. The van der Waals surface area contributed by atoms with Crippen LogP contribution in [0.3, 0.4) is 0 Å². The Morgan fingerprint density at radius 2 is 2.10 bits per heavy atom. The molecule has 1 aromatic rings. The van der Waals surface area contributed by atoms with Crippen molar-refractivity contribution in [3.05, 3.63) is 30.3 Å². The number of hydrogen-bond acceptors (Lipinski definition) is 4. The van der Waals surface area contributed by atoms with E-state index in [1.54, 1.807) is 6.92 Å². The van der Waals surface area contributed by atoms with Gasteiger partial charge in [0, 0.05) is 6.54 Å². The summed E-state index contributed by atoms with van der Waals surface area (Å²) in [5, 5.41) is 12.0. The van der Waals surface area contributed by atoms with Crippen molar-refractivity contribution in [3.8, 4) is 5.75 Å². The normalized spacial score (nSPS) is 12.2. The Hall–Kier alpha value is -1.59. The van der Waals surface area contributed by atoms with Gasteiger partial charge < -0.3 is 15.2 Å². The fraction of sp³-hybridized carbons (Fsp3) is 0.533. The minimum absolute atomic E-state index is 0.0326. The third kappa shape index (κ3) is 7.76. The van der Waals surface area contributed by atoms with E-state index < -0.39 is 0 Å². The van der Waals surface area contributed by atoms with E-state index >= 15 is 0 Å². The molecule has 0 heterocycles. The summed E-state index contributed by atoms with van der Waals surface area (Å²) in [6, 6.07) is 9.51. The molecule has 0 saturated heterocycles. The van der Waals surface area contributed by atoms with Gasteiger partial charge in [-0.05, 0) is 32.5 Å². The van der Waals surface area contributed by atoms with Gasteiger partial charge in [0.1, 0.15) is 12.4 Å². The van der Waals surface area contributed by atoms with Crippen molar-refractivity contribution in [2.24, 2.45) is 0 Å². The Morgan fingerprint density at radius 1 is 1.40 bits per heavy atom. The zero-order valence-electron chi connectivity index (χ0n) is 12.2. The Morgan fingerprint density at radius 3 is 2.75 bits per heavy atom. The molecule has 20 heavy (non-hydrogen) atoms. The highest BCUT2D eigenvalue weighted by Crippen LogP contribution is 2.07. The summed E-state index contributed by atoms with van der Waals surface area (Å²) < 4.78 is 5.48. The maximum absolute atomic E-state index is 11.6. The predicted octanol–water partition coefficient (Wildman–Crippen LogP) is 0.884. The lowest BCUT2D eigenvalue weighted by molar-refractivity contribution is -0.122. The number of hydrogen-bond donors (Lipinski definition) is 2. The summed E-state index contributed by atoms with van der Waals surface area (Å²) >= 11 is 0. The molecule has 1 atom stereocenters. The number of carbonyl (C=O) groups is 1. The lowest BCUT2D eigenvalue weighted by Crippen LogP contribution is -2.37. The summed E-state index contributed by atoms with van der Waals surface area (Å²) in [6.45, 7) is 3.71. The zero-order chi connectivity index (χ0) is 14.8. The third-order valence-corrected chi connectivity index (χ3v) is 2.78. The Labute approximate surface area is 120 Å². The van der Waals surface area contributed by atoms with Crippen LogP contribution in [-0.4, -0.2) is 55.3 Å². The number of rotatable bonds is 9. The molecule has 0 aromatic heterocycles. The lowest BCUT2D eigenvalue weighted by atomic mass is 10.3. The van der Waals surface area contributed by atoms with Crippen LogP contribution in [0.2, 0.25) is 0 Å². The number of aliphatic hydroxyl groups is 1. The average Bonchev–Trinajstić information content (AvgIpc) is 2.42. The first-order valence-electron chi connectivity index (χ1n) is 6.89. The van der Waals surface area contributed by atoms with Crippen molar-refractivity contribution < 1.29 is 14.6 Å². The molecule has 0 aliphatic rings. The predicted molar refractivity (Wildman–Crippen MR) is 78.7 cm³/mol. The van der Waals surface area contributed by atoms with Crippen LogP contribution in [-0.2, 0) is 4.79 Å². The molecule has 0 bridgehead atoms. The first-order valence-corrected chi connectivity index (χ1v) is 6.89. The van der Waals surface area contributed by atoms with E-state index in [1.807, 2.05) is 42.3 Å². The highest BCUT2D eigenvalue weighted by molar-refractivity contribution is 5.77. The third-order valence-electron chi connectivity index (χ3n) is 2.78. The summed E-state index contributed by atoms with van der Waals surface area (Å²) in [4.78, 5) is 13.5. The molecular formula is C15H24N2O3. The van der Waals surface area contributed by atoms with Crippen molar-refractivity contribution in [2.45, 2.75) is 19.4 Å². The molecule has 112 valence electrons. The maximum atomic E-state index is 11.6. The molecule has 0 saturated carbocycles. The fourth-order valence-electron chi connectivity index (χ4n) is 1.66. The monoisotopic (exact) mass is 280 g/mol. The quantitative estimate of drug-likeness (QED) is 0.659. The fourth-order valence-corrected chi connectivity index (χ4v) is 1.66. The molecule has 5 heteroatoms. The largest absolute Gasteiger partial charge is 0.492 e. The maximum Gasteiger partial charge on any atom is 0.234 e. The van der Waals surface area contributed by atoms with Gasteiger partial charge in [0.25, 0.3) is 0 Å². The van der Waals surface area contributed by atoms with E-state index in [1.165, 1.54) is 0 Å². The molecule has 1 amide bonds. The van der Waals surface area contributed by atoms with E-state index in [9.17, 15) is 9.90 Å². The molecule has 1 unspecified atom stereocenters. The lowest BCUT2D eigenvalue weighted by Gasteiger charge is -2.17. The van der Waals surface area contributed by atoms with Gasteiger partial charge in [-0.15, -0.1) is 0 Å². The van der Waals surface area contributed by atoms with E-state index in [0.29, 0.717) is 32.7 Å². The summed E-state index contributed by atoms with van der Waals surface area (Å²) in [5.74, 6) is 0.769. The van der Waals surface area contributed by atoms with Crippen LogP contribution in [0.4, 0.5) is 0 Å². The van der Waals surface area contributed by atoms with Crippen LogP contribution in [0.5, 0.6) is 5.75 Å². The summed E-state index contributed by atoms with van der Waals surface area (Å²) in [7, 11) is 1.86. The molecular weight excluding hydrogens is 256 g/mol. The minimum Gasteiger partial charge on any atom is -0.492 e. The minimum atomic E-state index is -0.334. The topological polar surface area (TPSA) is 61.8 Å². The Balaban J connectivity index is 2.08.